The van der Waals surface area contributed by atoms with Gasteiger partial charge in [0.05, 0.1) is 16.4 Å². The van der Waals surface area contributed by atoms with E-state index in [9.17, 15) is 4.39 Å². The van der Waals surface area contributed by atoms with Crippen molar-refractivity contribution in [2.45, 2.75) is 19.2 Å². The Hall–Kier alpha value is -1.39. The lowest BCUT2D eigenvalue weighted by atomic mass is 10.2. The van der Waals surface area contributed by atoms with Gasteiger partial charge in [-0.25, -0.2) is 9.37 Å². The lowest BCUT2D eigenvalue weighted by Crippen LogP contribution is -2.02. The van der Waals surface area contributed by atoms with Crippen molar-refractivity contribution in [2.24, 2.45) is 0 Å². The minimum atomic E-state index is -0.288. The Balaban J connectivity index is 2.38. The molecule has 1 atom stereocenters. The summed E-state index contributed by atoms with van der Waals surface area (Å²) in [6.45, 7) is 3.87. The number of fused-ring (bicyclic) bond motifs is 1. The predicted octanol–water partition coefficient (Wildman–Crippen LogP) is 5.54. The summed E-state index contributed by atoms with van der Waals surface area (Å²) in [7, 11) is 0. The molecule has 21 heavy (non-hydrogen) atoms. The van der Waals surface area contributed by atoms with Gasteiger partial charge in [0.25, 0.3) is 0 Å². The molecule has 5 heteroatoms. The zero-order valence-corrected chi connectivity index (χ0v) is 13.9. The van der Waals surface area contributed by atoms with Crippen LogP contribution >= 0.6 is 27.5 Å². The third-order valence-corrected chi connectivity index (χ3v) is 3.94. The Bertz CT molecular complexity index is 806. The van der Waals surface area contributed by atoms with E-state index in [2.05, 4.69) is 20.9 Å². The van der Waals surface area contributed by atoms with Gasteiger partial charge in [0, 0.05) is 16.2 Å². The highest BCUT2D eigenvalue weighted by atomic mass is 79.9. The van der Waals surface area contributed by atoms with E-state index in [1.54, 1.807) is 6.07 Å². The summed E-state index contributed by atoms with van der Waals surface area (Å²) in [5, 5.41) is -0.278. The van der Waals surface area contributed by atoms with Crippen LogP contribution in [0.25, 0.3) is 16.7 Å². The summed E-state index contributed by atoms with van der Waals surface area (Å²) < 4.78 is 16.5. The molecule has 1 heterocycles. The number of benzene rings is 2. The monoisotopic (exact) mass is 366 g/mol. The number of aromatic nitrogens is 2. The normalized spacial score (nSPS) is 12.8. The molecule has 3 rings (SSSR count). The molecule has 0 saturated heterocycles. The van der Waals surface area contributed by atoms with E-state index in [1.165, 1.54) is 12.1 Å². The zero-order valence-electron chi connectivity index (χ0n) is 11.6. The van der Waals surface area contributed by atoms with Crippen LogP contribution < -0.4 is 0 Å². The van der Waals surface area contributed by atoms with Crippen LogP contribution in [-0.2, 0) is 0 Å². The molecule has 1 unspecified atom stereocenters. The topological polar surface area (TPSA) is 17.8 Å². The largest absolute Gasteiger partial charge is 0.295 e. The van der Waals surface area contributed by atoms with E-state index >= 15 is 0 Å². The summed E-state index contributed by atoms with van der Waals surface area (Å²) in [6, 6.07) is 10.6. The first-order chi connectivity index (χ1) is 9.95. The van der Waals surface area contributed by atoms with Crippen LogP contribution in [0.3, 0.4) is 0 Å². The Morgan fingerprint density at radius 1 is 1.24 bits per heavy atom. The van der Waals surface area contributed by atoms with Crippen molar-refractivity contribution >= 4 is 38.6 Å². The highest BCUT2D eigenvalue weighted by Crippen LogP contribution is 2.30. The van der Waals surface area contributed by atoms with Crippen molar-refractivity contribution in [1.29, 1.82) is 0 Å². The number of imidazole rings is 1. The Kier molecular flexibility index (Phi) is 3.76. The molecule has 0 spiro atoms. The van der Waals surface area contributed by atoms with Gasteiger partial charge < -0.3 is 0 Å². The van der Waals surface area contributed by atoms with E-state index in [4.69, 9.17) is 11.6 Å². The van der Waals surface area contributed by atoms with Gasteiger partial charge in [0.1, 0.15) is 11.6 Å². The first kappa shape index (κ1) is 14.5. The van der Waals surface area contributed by atoms with E-state index in [-0.39, 0.29) is 11.2 Å². The first-order valence-corrected chi connectivity index (χ1v) is 7.78. The number of halogens is 3. The maximum absolute atomic E-state index is 13.6. The molecular formula is C16H13BrClFN2. The third kappa shape index (κ3) is 2.70. The molecule has 0 radical (unpaired) electrons. The number of hydrogen-bond donors (Lipinski definition) is 0. The van der Waals surface area contributed by atoms with Gasteiger partial charge >= 0.3 is 0 Å². The molecule has 108 valence electrons. The predicted molar refractivity (Wildman–Crippen MR) is 87.7 cm³/mol. The van der Waals surface area contributed by atoms with Gasteiger partial charge in [-0.3, -0.25) is 4.57 Å². The molecule has 0 aliphatic rings. The van der Waals surface area contributed by atoms with Crippen molar-refractivity contribution in [1.82, 2.24) is 9.55 Å². The first-order valence-electron chi connectivity index (χ1n) is 6.55. The molecular weight excluding hydrogens is 355 g/mol. The van der Waals surface area contributed by atoms with E-state index in [1.807, 2.05) is 36.6 Å². The summed E-state index contributed by atoms with van der Waals surface area (Å²) >= 11 is 9.76. The average molecular weight is 368 g/mol. The summed E-state index contributed by atoms with van der Waals surface area (Å²) in [4.78, 5) is 4.54. The zero-order chi connectivity index (χ0) is 15.1. The molecule has 0 N–H and O–H groups in total. The number of aryl methyl sites for hydroxylation is 1. The molecule has 3 aromatic rings. The lowest BCUT2D eigenvalue weighted by Gasteiger charge is -2.12. The van der Waals surface area contributed by atoms with Crippen LogP contribution in [0, 0.1) is 12.7 Å². The number of hydrogen-bond acceptors (Lipinski definition) is 1. The fourth-order valence-electron chi connectivity index (χ4n) is 2.45. The van der Waals surface area contributed by atoms with Crippen LogP contribution in [-0.4, -0.2) is 9.55 Å². The second-order valence-electron chi connectivity index (χ2n) is 5.04. The average Bonchev–Trinajstić information content (AvgIpc) is 2.76. The molecule has 2 nitrogen and oxygen atoms in total. The van der Waals surface area contributed by atoms with Crippen molar-refractivity contribution in [3.63, 3.8) is 0 Å². The fourth-order valence-corrected chi connectivity index (χ4v) is 3.19. The van der Waals surface area contributed by atoms with Crippen molar-refractivity contribution in [2.75, 3.05) is 0 Å². The van der Waals surface area contributed by atoms with Crippen LogP contribution in [0.2, 0.25) is 0 Å². The van der Waals surface area contributed by atoms with E-state index in [0.29, 0.717) is 5.82 Å². The molecule has 0 saturated carbocycles. The summed E-state index contributed by atoms with van der Waals surface area (Å²) in [5.74, 6) is 0.416. The Morgan fingerprint density at radius 2 is 2.00 bits per heavy atom. The maximum Gasteiger partial charge on any atom is 0.132 e. The highest BCUT2D eigenvalue weighted by molar-refractivity contribution is 9.10. The second kappa shape index (κ2) is 5.43. The van der Waals surface area contributed by atoms with Crippen molar-refractivity contribution in [3.05, 3.63) is 58.1 Å². The molecule has 2 aromatic carbocycles. The van der Waals surface area contributed by atoms with Crippen LogP contribution in [0.15, 0.2) is 40.9 Å². The van der Waals surface area contributed by atoms with Gasteiger partial charge in [-0.15, -0.1) is 11.6 Å². The third-order valence-electron chi connectivity index (χ3n) is 3.28. The minimum Gasteiger partial charge on any atom is -0.295 e. The van der Waals surface area contributed by atoms with Gasteiger partial charge in [-0.05, 0) is 49.7 Å². The summed E-state index contributed by atoms with van der Waals surface area (Å²) in [6.07, 6.45) is 0. The maximum atomic E-state index is 13.6. The molecule has 0 aliphatic heterocycles. The number of nitrogens with zero attached hydrogens (tertiary/aromatic N) is 2. The minimum absolute atomic E-state index is 0.278. The highest BCUT2D eigenvalue weighted by Gasteiger charge is 2.17. The fraction of sp³-hybridized carbons (Fsp3) is 0.188. The van der Waals surface area contributed by atoms with Crippen molar-refractivity contribution in [3.8, 4) is 5.69 Å². The quantitative estimate of drug-likeness (QED) is 0.544. The smallest absolute Gasteiger partial charge is 0.132 e. The Morgan fingerprint density at radius 3 is 2.67 bits per heavy atom. The molecule has 0 fully saturated rings. The van der Waals surface area contributed by atoms with Crippen LogP contribution in [0.5, 0.6) is 0 Å². The van der Waals surface area contributed by atoms with Crippen LogP contribution in [0.1, 0.15) is 23.7 Å². The molecule has 0 aliphatic carbocycles. The van der Waals surface area contributed by atoms with E-state index in [0.717, 1.165) is 26.8 Å². The van der Waals surface area contributed by atoms with Gasteiger partial charge in [-0.2, -0.15) is 0 Å². The van der Waals surface area contributed by atoms with Crippen LogP contribution in [0.4, 0.5) is 4.39 Å². The molecule has 1 aromatic heterocycles. The lowest BCUT2D eigenvalue weighted by molar-refractivity contribution is 0.629. The van der Waals surface area contributed by atoms with E-state index < -0.39 is 0 Å². The Labute approximate surface area is 135 Å². The molecule has 0 amide bonds. The van der Waals surface area contributed by atoms with Gasteiger partial charge in [0.15, 0.2) is 0 Å². The molecule has 0 bridgehead atoms. The summed E-state index contributed by atoms with van der Waals surface area (Å²) in [5.41, 5.74) is 3.47. The second-order valence-corrected chi connectivity index (χ2v) is 6.61. The van der Waals surface area contributed by atoms with Gasteiger partial charge in [-0.1, -0.05) is 15.9 Å². The standard InChI is InChI=1S/C16H13BrClFN2/c1-9-5-11(17)7-13(6-9)21-15-8-12(19)3-4-14(15)20-16(21)10(2)18/h3-8,10H,1-2H3. The number of rotatable bonds is 2. The van der Waals surface area contributed by atoms with Gasteiger partial charge in [0.2, 0.25) is 0 Å². The van der Waals surface area contributed by atoms with Crippen molar-refractivity contribution < 1.29 is 4.39 Å². The number of alkyl halides is 1. The SMILES string of the molecule is Cc1cc(Br)cc(-n2c(C(C)Cl)nc3ccc(F)cc32)c1.